The summed E-state index contributed by atoms with van der Waals surface area (Å²) in [7, 11) is 0. The third-order valence-corrected chi connectivity index (χ3v) is 6.30. The molecule has 1 unspecified atom stereocenters. The molecule has 9 heteroatoms. The predicted octanol–water partition coefficient (Wildman–Crippen LogP) is 4.54. The molecule has 0 saturated heterocycles. The first-order valence-electron chi connectivity index (χ1n) is 10.5. The minimum Gasteiger partial charge on any atom is -0.323 e. The molecular formula is C25H18F2N4O2S. The van der Waals surface area contributed by atoms with Gasteiger partial charge in [0.2, 0.25) is 5.91 Å². The summed E-state index contributed by atoms with van der Waals surface area (Å²) in [5.41, 5.74) is 2.27. The Balaban J connectivity index is 1.36. The fourth-order valence-corrected chi connectivity index (χ4v) is 4.58. The Morgan fingerprint density at radius 2 is 1.79 bits per heavy atom. The highest BCUT2D eigenvalue weighted by Gasteiger charge is 2.41. The van der Waals surface area contributed by atoms with Gasteiger partial charge in [0.1, 0.15) is 23.5 Å². The summed E-state index contributed by atoms with van der Waals surface area (Å²) < 4.78 is 27.0. The highest BCUT2D eigenvalue weighted by Crippen LogP contribution is 2.34. The van der Waals surface area contributed by atoms with Crippen molar-refractivity contribution in [1.29, 1.82) is 0 Å². The third-order valence-electron chi connectivity index (χ3n) is 5.36. The smallest absolute Gasteiger partial charge is 0.259 e. The topological polar surface area (TPSA) is 74.1 Å². The summed E-state index contributed by atoms with van der Waals surface area (Å²) in [5, 5.41) is 2.74. The fraction of sp³-hybridized carbons (Fsp3) is 0.120. The number of amides is 2. The molecule has 3 aromatic carbocycles. The summed E-state index contributed by atoms with van der Waals surface area (Å²) in [4.78, 5) is 36.5. The van der Waals surface area contributed by atoms with E-state index >= 15 is 0 Å². The first-order chi connectivity index (χ1) is 16.5. The monoisotopic (exact) mass is 476 g/mol. The lowest BCUT2D eigenvalue weighted by atomic mass is 10.1. The Labute approximate surface area is 198 Å². The Bertz CT molecular complexity index is 1340. The maximum absolute atomic E-state index is 13.9. The van der Waals surface area contributed by atoms with Crippen LogP contribution in [-0.4, -0.2) is 39.5 Å². The first-order valence-corrected chi connectivity index (χ1v) is 11.5. The zero-order valence-electron chi connectivity index (χ0n) is 17.7. The molecule has 0 radical (unpaired) electrons. The van der Waals surface area contributed by atoms with Crippen LogP contribution in [0.3, 0.4) is 0 Å². The van der Waals surface area contributed by atoms with Gasteiger partial charge in [-0.15, -0.1) is 0 Å². The molecule has 0 aromatic heterocycles. The van der Waals surface area contributed by atoms with E-state index in [1.54, 1.807) is 0 Å². The summed E-state index contributed by atoms with van der Waals surface area (Å²) >= 11 is 1.05. The molecule has 2 aliphatic rings. The number of nitrogens with one attached hydrogen (secondary N) is 1. The number of benzene rings is 3. The SMILES string of the molecule is O=C(CSC1=Nc2ccccc2C2=NC(Cc3ccccc3)C(=O)N12)Nc1ccc(F)cc1F. The molecule has 2 aliphatic heterocycles. The zero-order chi connectivity index (χ0) is 23.7. The van der Waals surface area contributed by atoms with Gasteiger partial charge in [0.25, 0.3) is 5.91 Å². The van der Waals surface area contributed by atoms with Crippen molar-refractivity contribution in [2.24, 2.45) is 9.98 Å². The van der Waals surface area contributed by atoms with Crippen molar-refractivity contribution in [3.63, 3.8) is 0 Å². The minimum atomic E-state index is -0.866. The van der Waals surface area contributed by atoms with E-state index in [-0.39, 0.29) is 17.3 Å². The lowest BCUT2D eigenvalue weighted by Crippen LogP contribution is -2.41. The van der Waals surface area contributed by atoms with Gasteiger partial charge in [-0.2, -0.15) is 0 Å². The molecule has 2 amide bonds. The van der Waals surface area contributed by atoms with Gasteiger partial charge >= 0.3 is 0 Å². The highest BCUT2D eigenvalue weighted by atomic mass is 32.2. The molecular weight excluding hydrogens is 458 g/mol. The van der Waals surface area contributed by atoms with Crippen LogP contribution in [0, 0.1) is 11.6 Å². The lowest BCUT2D eigenvalue weighted by molar-refractivity contribution is -0.124. The molecule has 0 saturated carbocycles. The Hall–Kier alpha value is -3.85. The summed E-state index contributed by atoms with van der Waals surface area (Å²) in [6, 6.07) is 19.3. The van der Waals surface area contributed by atoms with E-state index in [1.165, 1.54) is 4.90 Å². The fourth-order valence-electron chi connectivity index (χ4n) is 3.78. The summed E-state index contributed by atoms with van der Waals surface area (Å²) in [6.45, 7) is 0. The van der Waals surface area contributed by atoms with Crippen molar-refractivity contribution in [1.82, 2.24) is 4.90 Å². The Morgan fingerprint density at radius 1 is 1.03 bits per heavy atom. The molecule has 1 atom stereocenters. The highest BCUT2D eigenvalue weighted by molar-refractivity contribution is 8.14. The standard InChI is InChI=1S/C25H18F2N4O2S/c26-16-10-11-20(18(27)13-16)28-22(32)14-34-25-30-19-9-5-4-8-17(19)23-29-21(24(33)31(23)25)12-15-6-2-1-3-7-15/h1-11,13,21H,12,14H2,(H,28,32). The maximum Gasteiger partial charge on any atom is 0.259 e. The van der Waals surface area contributed by atoms with Crippen molar-refractivity contribution in [3.05, 3.63) is 95.6 Å². The second-order valence-electron chi connectivity index (χ2n) is 7.70. The second kappa shape index (κ2) is 9.18. The average Bonchev–Trinajstić information content (AvgIpc) is 3.16. The van der Waals surface area contributed by atoms with E-state index in [9.17, 15) is 18.4 Å². The lowest BCUT2D eigenvalue weighted by Gasteiger charge is -2.25. The van der Waals surface area contributed by atoms with E-state index < -0.39 is 23.6 Å². The minimum absolute atomic E-state index is 0.120. The van der Waals surface area contributed by atoms with Gasteiger partial charge in [-0.3, -0.25) is 14.6 Å². The Kier molecular flexibility index (Phi) is 5.93. The van der Waals surface area contributed by atoms with Gasteiger partial charge in [0, 0.05) is 18.1 Å². The molecule has 2 heterocycles. The van der Waals surface area contributed by atoms with Crippen LogP contribution in [0.2, 0.25) is 0 Å². The van der Waals surface area contributed by atoms with Gasteiger partial charge in [0.15, 0.2) is 5.17 Å². The number of anilines is 1. The molecule has 0 bridgehead atoms. The number of amidine groups is 2. The summed E-state index contributed by atoms with van der Waals surface area (Å²) in [5.74, 6) is -1.95. The van der Waals surface area contributed by atoms with E-state index in [2.05, 4.69) is 10.3 Å². The van der Waals surface area contributed by atoms with Crippen LogP contribution >= 0.6 is 11.8 Å². The van der Waals surface area contributed by atoms with Crippen molar-refractivity contribution in [3.8, 4) is 0 Å². The number of aliphatic imine (C=N–C) groups is 2. The number of halogens is 2. The number of nitrogens with zero attached hydrogens (tertiary/aromatic N) is 3. The number of thioether (sulfide) groups is 1. The van der Waals surface area contributed by atoms with Gasteiger partial charge in [-0.1, -0.05) is 54.2 Å². The molecule has 0 fully saturated rings. The molecule has 3 aromatic rings. The van der Waals surface area contributed by atoms with E-state index in [4.69, 9.17) is 4.99 Å². The van der Waals surface area contributed by atoms with Crippen LogP contribution in [0.1, 0.15) is 11.1 Å². The third kappa shape index (κ3) is 4.34. The molecule has 170 valence electrons. The molecule has 6 nitrogen and oxygen atoms in total. The normalized spacial score (nSPS) is 16.5. The number of hydrogen-bond donors (Lipinski definition) is 1. The number of fused-ring (bicyclic) bond motifs is 3. The first kappa shape index (κ1) is 22.0. The van der Waals surface area contributed by atoms with Crippen LogP contribution in [-0.2, 0) is 16.0 Å². The van der Waals surface area contributed by atoms with Crippen molar-refractivity contribution in [2.75, 3.05) is 11.1 Å². The van der Waals surface area contributed by atoms with E-state index in [0.29, 0.717) is 29.2 Å². The van der Waals surface area contributed by atoms with E-state index in [1.807, 2.05) is 54.6 Å². The molecule has 34 heavy (non-hydrogen) atoms. The number of hydrogen-bond acceptors (Lipinski definition) is 5. The van der Waals surface area contributed by atoms with Crippen LogP contribution < -0.4 is 5.32 Å². The molecule has 0 aliphatic carbocycles. The average molecular weight is 477 g/mol. The van der Waals surface area contributed by atoms with E-state index in [0.717, 1.165) is 35.0 Å². The van der Waals surface area contributed by atoms with Gasteiger partial charge < -0.3 is 5.32 Å². The molecule has 0 spiro atoms. The largest absolute Gasteiger partial charge is 0.323 e. The van der Waals surface area contributed by atoms with Crippen LogP contribution in [0.25, 0.3) is 0 Å². The van der Waals surface area contributed by atoms with Gasteiger partial charge in [-0.05, 0) is 29.8 Å². The quantitative estimate of drug-likeness (QED) is 0.588. The maximum atomic E-state index is 13.9. The number of carbonyl (C=O) groups excluding carboxylic acids is 2. The van der Waals surface area contributed by atoms with Gasteiger partial charge in [0.05, 0.1) is 17.1 Å². The molecule has 5 rings (SSSR count). The van der Waals surface area contributed by atoms with Crippen molar-refractivity contribution < 1.29 is 18.4 Å². The van der Waals surface area contributed by atoms with Crippen molar-refractivity contribution in [2.45, 2.75) is 12.5 Å². The molecule has 1 N–H and O–H groups in total. The van der Waals surface area contributed by atoms with Crippen LogP contribution in [0.5, 0.6) is 0 Å². The predicted molar refractivity (Wildman–Crippen MR) is 128 cm³/mol. The number of rotatable bonds is 5. The van der Waals surface area contributed by atoms with Crippen LogP contribution in [0.15, 0.2) is 82.8 Å². The Morgan fingerprint density at radius 3 is 2.59 bits per heavy atom. The number of carbonyl (C=O) groups is 2. The number of para-hydroxylation sites is 1. The van der Waals surface area contributed by atoms with Crippen LogP contribution in [0.4, 0.5) is 20.2 Å². The van der Waals surface area contributed by atoms with Crippen molar-refractivity contribution >= 4 is 46.0 Å². The zero-order valence-corrected chi connectivity index (χ0v) is 18.6. The van der Waals surface area contributed by atoms with Gasteiger partial charge in [-0.25, -0.2) is 18.7 Å². The second-order valence-corrected chi connectivity index (χ2v) is 8.65. The summed E-state index contributed by atoms with van der Waals surface area (Å²) in [6.07, 6.45) is 0.449.